The SMILES string of the molecule is CCC1C(=O)NC(=O)CN1C(=O)c1cc(F)cc(Br)c1. The van der Waals surface area contributed by atoms with Crippen molar-refractivity contribution in [3.05, 3.63) is 34.1 Å². The summed E-state index contributed by atoms with van der Waals surface area (Å²) in [6, 6.07) is 3.04. The maximum Gasteiger partial charge on any atom is 0.255 e. The van der Waals surface area contributed by atoms with Crippen molar-refractivity contribution in [2.24, 2.45) is 0 Å². The van der Waals surface area contributed by atoms with E-state index < -0.39 is 29.6 Å². The molecule has 1 saturated heterocycles. The predicted octanol–water partition coefficient (Wildman–Crippen LogP) is 1.47. The number of carbonyl (C=O) groups excluding carboxylic acids is 3. The van der Waals surface area contributed by atoms with Crippen LogP contribution in [0.5, 0.6) is 0 Å². The number of piperazine rings is 1. The lowest BCUT2D eigenvalue weighted by Crippen LogP contribution is -2.59. The second kappa shape index (κ2) is 5.70. The molecule has 0 spiro atoms. The van der Waals surface area contributed by atoms with Crippen LogP contribution in [0.1, 0.15) is 23.7 Å². The minimum Gasteiger partial charge on any atom is -0.317 e. The molecule has 1 unspecified atom stereocenters. The minimum absolute atomic E-state index is 0.0952. The zero-order valence-electron chi connectivity index (χ0n) is 10.7. The van der Waals surface area contributed by atoms with E-state index >= 15 is 0 Å². The Labute approximate surface area is 123 Å². The number of nitrogens with one attached hydrogen (secondary N) is 1. The fourth-order valence-corrected chi connectivity index (χ4v) is 2.59. The molecule has 3 amide bonds. The van der Waals surface area contributed by atoms with Gasteiger partial charge in [-0.05, 0) is 24.6 Å². The first-order valence-electron chi connectivity index (χ1n) is 6.03. The third-order valence-electron chi connectivity index (χ3n) is 3.01. The first kappa shape index (κ1) is 14.6. The zero-order chi connectivity index (χ0) is 14.9. The lowest BCUT2D eigenvalue weighted by molar-refractivity contribution is -0.138. The molecule has 0 aromatic heterocycles. The summed E-state index contributed by atoms with van der Waals surface area (Å²) in [5.74, 6) is -2.15. The molecule has 106 valence electrons. The smallest absolute Gasteiger partial charge is 0.255 e. The quantitative estimate of drug-likeness (QED) is 0.827. The van der Waals surface area contributed by atoms with Crippen molar-refractivity contribution in [1.82, 2.24) is 10.2 Å². The van der Waals surface area contributed by atoms with Crippen LogP contribution in [0, 0.1) is 5.82 Å². The fraction of sp³-hybridized carbons (Fsp3) is 0.308. The van der Waals surface area contributed by atoms with E-state index in [1.807, 2.05) is 0 Å². The van der Waals surface area contributed by atoms with Crippen LogP contribution < -0.4 is 5.32 Å². The Morgan fingerprint density at radius 2 is 2.15 bits per heavy atom. The maximum atomic E-state index is 13.3. The van der Waals surface area contributed by atoms with Gasteiger partial charge in [0.05, 0.1) is 0 Å². The molecule has 1 N–H and O–H groups in total. The van der Waals surface area contributed by atoms with Gasteiger partial charge in [-0.15, -0.1) is 0 Å². The van der Waals surface area contributed by atoms with Gasteiger partial charge in [-0.2, -0.15) is 0 Å². The highest BCUT2D eigenvalue weighted by atomic mass is 79.9. The van der Waals surface area contributed by atoms with Gasteiger partial charge in [0.15, 0.2) is 0 Å². The normalized spacial score (nSPS) is 18.9. The Morgan fingerprint density at radius 3 is 2.75 bits per heavy atom. The van der Waals surface area contributed by atoms with Gasteiger partial charge in [0, 0.05) is 10.0 Å². The molecule has 1 aromatic carbocycles. The third-order valence-corrected chi connectivity index (χ3v) is 3.47. The van der Waals surface area contributed by atoms with Crippen LogP contribution >= 0.6 is 15.9 Å². The number of halogens is 2. The third kappa shape index (κ3) is 2.87. The van der Waals surface area contributed by atoms with Gasteiger partial charge in [0.1, 0.15) is 18.4 Å². The van der Waals surface area contributed by atoms with Gasteiger partial charge in [-0.3, -0.25) is 19.7 Å². The fourth-order valence-electron chi connectivity index (χ4n) is 2.13. The summed E-state index contributed by atoms with van der Waals surface area (Å²) >= 11 is 3.10. The van der Waals surface area contributed by atoms with Crippen molar-refractivity contribution < 1.29 is 18.8 Å². The molecular weight excluding hydrogens is 331 g/mol. The molecule has 1 aliphatic rings. The van der Waals surface area contributed by atoms with Crippen molar-refractivity contribution in [3.63, 3.8) is 0 Å². The molecule has 0 aliphatic carbocycles. The largest absolute Gasteiger partial charge is 0.317 e. The second-order valence-corrected chi connectivity index (χ2v) is 5.34. The molecule has 1 heterocycles. The van der Waals surface area contributed by atoms with E-state index in [2.05, 4.69) is 21.2 Å². The Morgan fingerprint density at radius 1 is 1.45 bits per heavy atom. The van der Waals surface area contributed by atoms with Crippen LogP contribution in [0.3, 0.4) is 0 Å². The lowest BCUT2D eigenvalue weighted by Gasteiger charge is -2.33. The monoisotopic (exact) mass is 342 g/mol. The molecule has 1 aliphatic heterocycles. The van der Waals surface area contributed by atoms with Gasteiger partial charge in [-0.25, -0.2) is 4.39 Å². The zero-order valence-corrected chi connectivity index (χ0v) is 12.2. The molecule has 5 nitrogen and oxygen atoms in total. The number of rotatable bonds is 2. The first-order chi connectivity index (χ1) is 9.42. The van der Waals surface area contributed by atoms with Crippen LogP contribution in [0.25, 0.3) is 0 Å². The highest BCUT2D eigenvalue weighted by Crippen LogP contribution is 2.19. The molecular formula is C13H12BrFN2O3. The molecule has 2 rings (SSSR count). The molecule has 20 heavy (non-hydrogen) atoms. The number of imide groups is 1. The molecule has 7 heteroatoms. The van der Waals surface area contributed by atoms with E-state index in [1.54, 1.807) is 6.92 Å². The molecule has 1 atom stereocenters. The van der Waals surface area contributed by atoms with E-state index in [9.17, 15) is 18.8 Å². The highest BCUT2D eigenvalue weighted by Gasteiger charge is 2.36. The second-order valence-electron chi connectivity index (χ2n) is 4.43. The molecule has 0 radical (unpaired) electrons. The van der Waals surface area contributed by atoms with E-state index in [-0.39, 0.29) is 12.1 Å². The van der Waals surface area contributed by atoms with E-state index in [0.717, 1.165) is 6.07 Å². The Balaban J connectivity index is 2.34. The van der Waals surface area contributed by atoms with Crippen molar-refractivity contribution in [2.45, 2.75) is 19.4 Å². The summed E-state index contributed by atoms with van der Waals surface area (Å²) in [7, 11) is 0. The van der Waals surface area contributed by atoms with E-state index in [0.29, 0.717) is 10.9 Å². The number of nitrogens with zero attached hydrogens (tertiary/aromatic N) is 1. The molecule has 0 saturated carbocycles. The number of amides is 3. The number of carbonyl (C=O) groups is 3. The van der Waals surface area contributed by atoms with Gasteiger partial charge in [0.2, 0.25) is 11.8 Å². The van der Waals surface area contributed by atoms with Crippen molar-refractivity contribution in [2.75, 3.05) is 6.54 Å². The van der Waals surface area contributed by atoms with Gasteiger partial charge >= 0.3 is 0 Å². The topological polar surface area (TPSA) is 66.5 Å². The van der Waals surface area contributed by atoms with Crippen molar-refractivity contribution >= 4 is 33.7 Å². The number of hydrogen-bond acceptors (Lipinski definition) is 3. The van der Waals surface area contributed by atoms with Gasteiger partial charge in [-0.1, -0.05) is 22.9 Å². The summed E-state index contributed by atoms with van der Waals surface area (Å²) in [6.45, 7) is 1.53. The standard InChI is InChI=1S/C13H12BrFN2O3/c1-2-10-12(19)16-11(18)6-17(10)13(20)7-3-8(14)5-9(15)4-7/h3-5,10H,2,6H2,1H3,(H,16,18,19). The van der Waals surface area contributed by atoms with Crippen LogP contribution in [-0.4, -0.2) is 35.2 Å². The summed E-state index contributed by atoms with van der Waals surface area (Å²) < 4.78 is 13.8. The summed E-state index contributed by atoms with van der Waals surface area (Å²) in [4.78, 5) is 36.7. The maximum absolute atomic E-state index is 13.3. The van der Waals surface area contributed by atoms with Crippen molar-refractivity contribution in [3.8, 4) is 0 Å². The predicted molar refractivity (Wildman–Crippen MR) is 72.4 cm³/mol. The molecule has 1 fully saturated rings. The Hall–Kier alpha value is -1.76. The number of hydrogen-bond donors (Lipinski definition) is 1. The molecule has 1 aromatic rings. The first-order valence-corrected chi connectivity index (χ1v) is 6.82. The minimum atomic E-state index is -0.720. The van der Waals surface area contributed by atoms with Crippen LogP contribution in [0.2, 0.25) is 0 Å². The van der Waals surface area contributed by atoms with E-state index in [1.165, 1.54) is 17.0 Å². The van der Waals surface area contributed by atoms with Gasteiger partial charge < -0.3 is 4.90 Å². The van der Waals surface area contributed by atoms with Crippen LogP contribution in [-0.2, 0) is 9.59 Å². The lowest BCUT2D eigenvalue weighted by atomic mass is 10.1. The Bertz CT molecular complexity index is 571. The number of benzene rings is 1. The van der Waals surface area contributed by atoms with Gasteiger partial charge in [0.25, 0.3) is 5.91 Å². The summed E-state index contributed by atoms with van der Waals surface area (Å²) in [5.41, 5.74) is 0.0952. The Kier molecular flexibility index (Phi) is 4.17. The van der Waals surface area contributed by atoms with Crippen LogP contribution in [0.4, 0.5) is 4.39 Å². The summed E-state index contributed by atoms with van der Waals surface area (Å²) in [6.07, 6.45) is 0.376. The van der Waals surface area contributed by atoms with Crippen molar-refractivity contribution in [1.29, 1.82) is 0 Å². The average Bonchev–Trinajstić information content (AvgIpc) is 2.35. The highest BCUT2D eigenvalue weighted by molar-refractivity contribution is 9.10. The average molecular weight is 343 g/mol. The summed E-state index contributed by atoms with van der Waals surface area (Å²) in [5, 5.41) is 2.18. The molecule has 0 bridgehead atoms. The van der Waals surface area contributed by atoms with E-state index in [4.69, 9.17) is 0 Å². The van der Waals surface area contributed by atoms with Crippen LogP contribution in [0.15, 0.2) is 22.7 Å².